The van der Waals surface area contributed by atoms with Gasteiger partial charge in [-0.15, -0.1) is 0 Å². The smallest absolute Gasteiger partial charge is 0.306 e. The number of imide groups is 1. The van der Waals surface area contributed by atoms with E-state index in [-0.39, 0.29) is 60.2 Å². The molecule has 5 rings (SSSR count). The van der Waals surface area contributed by atoms with E-state index in [1.807, 2.05) is 0 Å². The van der Waals surface area contributed by atoms with Gasteiger partial charge in [0.2, 0.25) is 5.91 Å². The topological polar surface area (TPSA) is 109 Å². The Bertz CT molecular complexity index is 1600. The summed E-state index contributed by atoms with van der Waals surface area (Å²) >= 11 is 0. The fourth-order valence-corrected chi connectivity index (χ4v) is 7.92. The summed E-state index contributed by atoms with van der Waals surface area (Å²) in [5.41, 5.74) is -0.203. The number of rotatable bonds is 6. The molecule has 0 aromatic heterocycles. The molecule has 1 aliphatic carbocycles. The number of carbonyl (C=O) groups is 3. The van der Waals surface area contributed by atoms with Crippen molar-refractivity contribution in [3.05, 3.63) is 89.7 Å². The molecule has 0 radical (unpaired) electrons. The fourth-order valence-electron chi connectivity index (χ4n) is 5.88. The lowest BCUT2D eigenvalue weighted by molar-refractivity contribution is -0.149. The van der Waals surface area contributed by atoms with Gasteiger partial charge in [-0.05, 0) is 79.6 Å². The molecule has 2 fully saturated rings. The van der Waals surface area contributed by atoms with Crippen molar-refractivity contribution in [3.8, 4) is 11.1 Å². The summed E-state index contributed by atoms with van der Waals surface area (Å²) in [5.74, 6) is -6.03. The van der Waals surface area contributed by atoms with Gasteiger partial charge in [-0.2, -0.15) is 0 Å². The monoisotopic (exact) mass is 585 g/mol. The maximum atomic E-state index is 14.4. The van der Waals surface area contributed by atoms with E-state index in [0.29, 0.717) is 0 Å². The van der Waals surface area contributed by atoms with Crippen molar-refractivity contribution >= 4 is 27.6 Å². The van der Waals surface area contributed by atoms with Crippen LogP contribution in [0.15, 0.2) is 71.6 Å². The van der Waals surface area contributed by atoms with Gasteiger partial charge in [0.15, 0.2) is 14.6 Å². The number of hydrogen-bond donors (Lipinski definition) is 1. The number of carboxylic acids is 1. The quantitative estimate of drug-likeness (QED) is 0.319. The Hall–Kier alpha value is -3.99. The molecule has 1 saturated carbocycles. The summed E-state index contributed by atoms with van der Waals surface area (Å²) in [5, 5.41) is 9.27. The number of carboxylic acid groups (broad SMARTS) is 1. The highest BCUT2D eigenvalue weighted by Gasteiger charge is 2.60. The molecule has 11 heteroatoms. The molecule has 3 aromatic carbocycles. The molecule has 0 bridgehead atoms. The van der Waals surface area contributed by atoms with Crippen LogP contribution in [-0.2, 0) is 29.0 Å². The number of amides is 2. The van der Waals surface area contributed by atoms with E-state index in [1.165, 1.54) is 30.3 Å². The third-order valence-electron chi connectivity index (χ3n) is 8.16. The summed E-state index contributed by atoms with van der Waals surface area (Å²) in [6.07, 6.45) is 0.733. The van der Waals surface area contributed by atoms with Gasteiger partial charge < -0.3 is 5.11 Å². The first-order valence-corrected chi connectivity index (χ1v) is 14.6. The fraction of sp³-hybridized carbons (Fsp3) is 0.300. The van der Waals surface area contributed by atoms with Gasteiger partial charge in [0.1, 0.15) is 17.5 Å². The third-order valence-corrected chi connectivity index (χ3v) is 10.6. The first kappa shape index (κ1) is 28.5. The van der Waals surface area contributed by atoms with Crippen molar-refractivity contribution in [2.75, 3.05) is 6.54 Å². The van der Waals surface area contributed by atoms with E-state index < -0.39 is 61.7 Å². The van der Waals surface area contributed by atoms with Gasteiger partial charge in [-0.1, -0.05) is 30.3 Å². The maximum Gasteiger partial charge on any atom is 0.306 e. The van der Waals surface area contributed by atoms with Crippen molar-refractivity contribution < 1.29 is 41.1 Å². The molecule has 1 aliphatic heterocycles. The molecule has 3 aromatic rings. The summed E-state index contributed by atoms with van der Waals surface area (Å²) in [6, 6.07) is 12.6. The second-order valence-electron chi connectivity index (χ2n) is 10.4. The predicted molar refractivity (Wildman–Crippen MR) is 141 cm³/mol. The minimum atomic E-state index is -4.57. The molecule has 1 atom stereocenters. The molecule has 1 saturated heterocycles. The molecule has 0 unspecified atom stereocenters. The standard InChI is InChI=1S/C30H26F3NO6S/c31-22-12-14-23(15-13-22)41(39,40)30(21-10-8-18(9-11-21)26-24(32)2-1-3-25(26)33)16-17-34(29(30)38)27(35)19-4-6-20(7-5-19)28(36)37/h1-3,8-15,19-20H,4-7,16-17H2,(H,36,37)/t19-,20-,30-/m1/s1. The van der Waals surface area contributed by atoms with Gasteiger partial charge in [0.25, 0.3) is 5.91 Å². The molecular formula is C30H26F3NO6S. The predicted octanol–water partition coefficient (Wildman–Crippen LogP) is 5.09. The number of halogens is 3. The van der Waals surface area contributed by atoms with E-state index in [0.717, 1.165) is 41.3 Å². The number of aliphatic carboxylic acids is 1. The van der Waals surface area contributed by atoms with Crippen LogP contribution in [0.3, 0.4) is 0 Å². The van der Waals surface area contributed by atoms with E-state index >= 15 is 0 Å². The van der Waals surface area contributed by atoms with Gasteiger partial charge >= 0.3 is 5.97 Å². The van der Waals surface area contributed by atoms with E-state index in [4.69, 9.17) is 0 Å². The molecular weight excluding hydrogens is 559 g/mol. The first-order chi connectivity index (χ1) is 19.5. The zero-order valence-electron chi connectivity index (χ0n) is 21.7. The van der Waals surface area contributed by atoms with E-state index in [2.05, 4.69) is 0 Å². The van der Waals surface area contributed by atoms with E-state index in [1.54, 1.807) is 0 Å². The highest BCUT2D eigenvalue weighted by Crippen LogP contribution is 2.46. The van der Waals surface area contributed by atoms with Gasteiger partial charge in [0.05, 0.1) is 16.4 Å². The van der Waals surface area contributed by atoms with Crippen LogP contribution in [-0.4, -0.2) is 42.8 Å². The number of hydrogen-bond acceptors (Lipinski definition) is 5. The molecule has 1 N–H and O–H groups in total. The van der Waals surface area contributed by atoms with Crippen molar-refractivity contribution in [1.82, 2.24) is 4.90 Å². The summed E-state index contributed by atoms with van der Waals surface area (Å²) in [7, 11) is -4.57. The SMILES string of the molecule is O=C1N(C(=O)[C@H]2CC[C@H](C(=O)O)CC2)CC[C@]1(c1ccc(-c2c(F)cccc2F)cc1)S(=O)(=O)c1ccc(F)cc1. The van der Waals surface area contributed by atoms with Crippen LogP contribution in [0.5, 0.6) is 0 Å². The number of sulfone groups is 1. The van der Waals surface area contributed by atoms with Gasteiger partial charge in [0, 0.05) is 12.5 Å². The highest BCUT2D eigenvalue weighted by molar-refractivity contribution is 7.93. The van der Waals surface area contributed by atoms with Crippen molar-refractivity contribution in [2.24, 2.45) is 11.8 Å². The molecule has 0 spiro atoms. The summed E-state index contributed by atoms with van der Waals surface area (Å²) in [4.78, 5) is 39.4. The molecule has 2 amide bonds. The Morgan fingerprint density at radius 1 is 0.829 bits per heavy atom. The largest absolute Gasteiger partial charge is 0.481 e. The summed E-state index contributed by atoms with van der Waals surface area (Å²) < 4.78 is 68.5. The Morgan fingerprint density at radius 2 is 1.39 bits per heavy atom. The molecule has 1 heterocycles. The van der Waals surface area contributed by atoms with Gasteiger partial charge in [-0.3, -0.25) is 19.3 Å². The van der Waals surface area contributed by atoms with Crippen LogP contribution in [0.1, 0.15) is 37.7 Å². The number of carbonyl (C=O) groups excluding carboxylic acids is 2. The minimum absolute atomic E-state index is 0.00259. The second kappa shape index (κ2) is 10.8. The van der Waals surface area contributed by atoms with Crippen LogP contribution in [0.25, 0.3) is 11.1 Å². The molecule has 2 aliphatic rings. The average molecular weight is 586 g/mol. The first-order valence-electron chi connectivity index (χ1n) is 13.1. The van der Waals surface area contributed by atoms with Gasteiger partial charge in [-0.25, -0.2) is 21.6 Å². The van der Waals surface area contributed by atoms with Crippen molar-refractivity contribution in [2.45, 2.75) is 41.7 Å². The maximum absolute atomic E-state index is 14.4. The van der Waals surface area contributed by atoms with Crippen LogP contribution < -0.4 is 0 Å². The molecule has 214 valence electrons. The zero-order valence-corrected chi connectivity index (χ0v) is 22.5. The Labute approximate surface area is 234 Å². The van der Waals surface area contributed by atoms with E-state index in [9.17, 15) is 41.1 Å². The van der Waals surface area contributed by atoms with Crippen molar-refractivity contribution in [1.29, 1.82) is 0 Å². The van der Waals surface area contributed by atoms with Crippen LogP contribution in [0, 0.1) is 29.3 Å². The molecule has 7 nitrogen and oxygen atoms in total. The number of nitrogens with zero attached hydrogens (tertiary/aromatic N) is 1. The second-order valence-corrected chi connectivity index (χ2v) is 12.6. The summed E-state index contributed by atoms with van der Waals surface area (Å²) in [6.45, 7) is -0.208. The average Bonchev–Trinajstić information content (AvgIpc) is 3.31. The number of likely N-dealkylation sites (tertiary alicyclic amines) is 1. The normalized spacial score (nSPS) is 23.0. The Balaban J connectivity index is 1.55. The van der Waals surface area contributed by atoms with Crippen molar-refractivity contribution in [3.63, 3.8) is 0 Å². The highest BCUT2D eigenvalue weighted by atomic mass is 32.2. The van der Waals surface area contributed by atoms with Crippen LogP contribution in [0.2, 0.25) is 0 Å². The lowest BCUT2D eigenvalue weighted by atomic mass is 9.81. The minimum Gasteiger partial charge on any atom is -0.481 e. The van der Waals surface area contributed by atoms with Crippen LogP contribution in [0.4, 0.5) is 13.2 Å². The lowest BCUT2D eigenvalue weighted by Gasteiger charge is -2.31. The lowest BCUT2D eigenvalue weighted by Crippen LogP contribution is -2.47. The zero-order chi connectivity index (χ0) is 29.5. The number of benzene rings is 3. The third kappa shape index (κ3) is 4.81. The van der Waals surface area contributed by atoms with Crippen LogP contribution >= 0.6 is 0 Å². The molecule has 41 heavy (non-hydrogen) atoms. The Kier molecular flexibility index (Phi) is 7.50. The Morgan fingerprint density at radius 3 is 1.95 bits per heavy atom.